The SMILES string of the molecule is CCN1C[C@@H](C(=O)N2CCc3sc(C(=O)NC)cc3C2)CCC1=O. The van der Waals surface area contributed by atoms with Gasteiger partial charge in [-0.3, -0.25) is 14.4 Å². The number of rotatable bonds is 3. The summed E-state index contributed by atoms with van der Waals surface area (Å²) >= 11 is 1.52. The molecule has 0 saturated carbocycles. The molecule has 0 unspecified atom stereocenters. The predicted octanol–water partition coefficient (Wildman–Crippen LogP) is 1.25. The van der Waals surface area contributed by atoms with Gasteiger partial charge in [0, 0.05) is 44.5 Å². The molecule has 130 valence electrons. The number of nitrogens with zero attached hydrogens (tertiary/aromatic N) is 2. The molecule has 2 aliphatic heterocycles. The molecule has 2 aliphatic rings. The van der Waals surface area contributed by atoms with Crippen LogP contribution in [0.5, 0.6) is 0 Å². The number of amides is 3. The van der Waals surface area contributed by atoms with Crippen molar-refractivity contribution >= 4 is 29.1 Å². The van der Waals surface area contributed by atoms with Crippen molar-refractivity contribution in [2.75, 3.05) is 26.7 Å². The number of carbonyl (C=O) groups excluding carboxylic acids is 3. The number of piperidine rings is 1. The Bertz CT molecular complexity index is 670. The Kier molecular flexibility index (Phi) is 4.89. The van der Waals surface area contributed by atoms with E-state index in [-0.39, 0.29) is 23.6 Å². The Morgan fingerprint density at radius 3 is 2.88 bits per heavy atom. The zero-order valence-corrected chi connectivity index (χ0v) is 14.9. The number of carbonyl (C=O) groups is 3. The van der Waals surface area contributed by atoms with Crippen LogP contribution in [-0.4, -0.2) is 54.2 Å². The van der Waals surface area contributed by atoms with Crippen molar-refractivity contribution in [2.45, 2.75) is 32.7 Å². The fraction of sp³-hybridized carbons (Fsp3) is 0.588. The number of nitrogens with one attached hydrogen (secondary N) is 1. The minimum Gasteiger partial charge on any atom is -0.354 e. The van der Waals surface area contributed by atoms with Crippen LogP contribution in [0, 0.1) is 5.92 Å². The highest BCUT2D eigenvalue weighted by Crippen LogP contribution is 2.30. The van der Waals surface area contributed by atoms with Crippen molar-refractivity contribution < 1.29 is 14.4 Å². The summed E-state index contributed by atoms with van der Waals surface area (Å²) in [5, 5.41) is 2.65. The van der Waals surface area contributed by atoms with Gasteiger partial charge in [0.25, 0.3) is 5.91 Å². The van der Waals surface area contributed by atoms with Gasteiger partial charge in [-0.25, -0.2) is 0 Å². The molecule has 24 heavy (non-hydrogen) atoms. The molecular formula is C17H23N3O3S. The first kappa shape index (κ1) is 17.0. The van der Waals surface area contributed by atoms with Gasteiger partial charge in [0.1, 0.15) is 0 Å². The van der Waals surface area contributed by atoms with Crippen LogP contribution >= 0.6 is 11.3 Å². The molecule has 1 aromatic heterocycles. The smallest absolute Gasteiger partial charge is 0.261 e. The molecule has 0 spiro atoms. The lowest BCUT2D eigenvalue weighted by molar-refractivity contribution is -0.143. The van der Waals surface area contributed by atoms with Crippen molar-refractivity contribution in [1.29, 1.82) is 0 Å². The zero-order valence-electron chi connectivity index (χ0n) is 14.1. The van der Waals surface area contributed by atoms with E-state index in [2.05, 4.69) is 5.32 Å². The Morgan fingerprint density at radius 2 is 2.17 bits per heavy atom. The average molecular weight is 349 g/mol. The second-order valence-corrected chi connectivity index (χ2v) is 7.45. The zero-order chi connectivity index (χ0) is 17.3. The second-order valence-electron chi connectivity index (χ2n) is 6.32. The van der Waals surface area contributed by atoms with Crippen molar-refractivity contribution in [2.24, 2.45) is 5.92 Å². The predicted molar refractivity (Wildman–Crippen MR) is 91.8 cm³/mol. The molecule has 7 heteroatoms. The third kappa shape index (κ3) is 3.17. The Balaban J connectivity index is 1.68. The van der Waals surface area contributed by atoms with Crippen LogP contribution in [-0.2, 0) is 22.6 Å². The maximum absolute atomic E-state index is 12.8. The van der Waals surface area contributed by atoms with Gasteiger partial charge in [-0.2, -0.15) is 0 Å². The molecule has 6 nitrogen and oxygen atoms in total. The maximum Gasteiger partial charge on any atom is 0.261 e. The lowest BCUT2D eigenvalue weighted by atomic mass is 9.95. The lowest BCUT2D eigenvalue weighted by Gasteiger charge is -2.35. The van der Waals surface area contributed by atoms with Crippen LogP contribution in [0.1, 0.15) is 39.9 Å². The summed E-state index contributed by atoms with van der Waals surface area (Å²) in [6.45, 7) is 4.40. The molecule has 1 aromatic rings. The molecule has 3 rings (SSSR count). The van der Waals surface area contributed by atoms with Gasteiger partial charge in [0.15, 0.2) is 0 Å². The molecule has 0 aromatic carbocycles. The largest absolute Gasteiger partial charge is 0.354 e. The highest BCUT2D eigenvalue weighted by molar-refractivity contribution is 7.14. The van der Waals surface area contributed by atoms with Crippen LogP contribution in [0.2, 0.25) is 0 Å². The summed E-state index contributed by atoms with van der Waals surface area (Å²) < 4.78 is 0. The van der Waals surface area contributed by atoms with Crippen LogP contribution in [0.25, 0.3) is 0 Å². The molecule has 0 bridgehead atoms. The van der Waals surface area contributed by atoms with E-state index >= 15 is 0 Å². The van der Waals surface area contributed by atoms with E-state index in [1.807, 2.05) is 17.9 Å². The van der Waals surface area contributed by atoms with Gasteiger partial charge in [-0.05, 0) is 31.4 Å². The third-order valence-electron chi connectivity index (χ3n) is 4.86. The molecule has 3 heterocycles. The first-order valence-electron chi connectivity index (χ1n) is 8.43. The molecule has 0 aliphatic carbocycles. The monoisotopic (exact) mass is 349 g/mol. The Morgan fingerprint density at radius 1 is 1.38 bits per heavy atom. The fourth-order valence-electron chi connectivity index (χ4n) is 3.44. The van der Waals surface area contributed by atoms with Crippen LogP contribution in [0.15, 0.2) is 6.07 Å². The lowest BCUT2D eigenvalue weighted by Crippen LogP contribution is -2.47. The average Bonchev–Trinajstić information content (AvgIpc) is 3.04. The summed E-state index contributed by atoms with van der Waals surface area (Å²) in [7, 11) is 1.63. The first-order valence-corrected chi connectivity index (χ1v) is 9.25. The van der Waals surface area contributed by atoms with E-state index in [0.717, 1.165) is 12.0 Å². The van der Waals surface area contributed by atoms with Crippen molar-refractivity contribution in [1.82, 2.24) is 15.1 Å². The highest BCUT2D eigenvalue weighted by Gasteiger charge is 2.33. The third-order valence-corrected chi connectivity index (χ3v) is 6.10. The summed E-state index contributed by atoms with van der Waals surface area (Å²) in [5.41, 5.74) is 1.08. The van der Waals surface area contributed by atoms with Gasteiger partial charge in [0.2, 0.25) is 11.8 Å². The van der Waals surface area contributed by atoms with Crippen LogP contribution in [0.3, 0.4) is 0 Å². The van der Waals surface area contributed by atoms with E-state index in [1.165, 1.54) is 16.2 Å². The molecule has 0 radical (unpaired) electrons. The first-order chi connectivity index (χ1) is 11.5. The standard InChI is InChI=1S/C17H23N3O3S/c1-3-19-9-11(4-5-15(19)21)17(23)20-7-6-13-12(10-20)8-14(24-13)16(22)18-2/h8,11H,3-7,9-10H2,1-2H3,(H,18,22)/t11-/m0/s1. The topological polar surface area (TPSA) is 69.7 Å². The minimum absolute atomic E-state index is 0.0725. The van der Waals surface area contributed by atoms with Crippen LogP contribution in [0.4, 0.5) is 0 Å². The summed E-state index contributed by atoms with van der Waals surface area (Å²) in [4.78, 5) is 42.0. The summed E-state index contributed by atoms with van der Waals surface area (Å²) in [6, 6.07) is 1.90. The van der Waals surface area contributed by atoms with E-state index in [1.54, 1.807) is 11.9 Å². The Labute approximate surface area is 145 Å². The second kappa shape index (κ2) is 6.93. The van der Waals surface area contributed by atoms with Gasteiger partial charge in [0.05, 0.1) is 10.8 Å². The molecule has 1 N–H and O–H groups in total. The molecule has 1 fully saturated rings. The number of likely N-dealkylation sites (tertiary alicyclic amines) is 1. The molecular weight excluding hydrogens is 326 g/mol. The van der Waals surface area contributed by atoms with Crippen molar-refractivity contribution in [3.63, 3.8) is 0 Å². The normalized spacial score (nSPS) is 20.8. The van der Waals surface area contributed by atoms with E-state index < -0.39 is 0 Å². The van der Waals surface area contributed by atoms with Gasteiger partial charge < -0.3 is 15.1 Å². The van der Waals surface area contributed by atoms with Crippen LogP contribution < -0.4 is 5.32 Å². The van der Waals surface area contributed by atoms with Crippen molar-refractivity contribution in [3.05, 3.63) is 21.4 Å². The number of fused-ring (bicyclic) bond motifs is 1. The van der Waals surface area contributed by atoms with Crippen molar-refractivity contribution in [3.8, 4) is 0 Å². The fourth-order valence-corrected chi connectivity index (χ4v) is 4.55. The summed E-state index contributed by atoms with van der Waals surface area (Å²) in [5.74, 6) is 0.118. The van der Waals surface area contributed by atoms with Gasteiger partial charge >= 0.3 is 0 Å². The number of thiophene rings is 1. The number of hydrogen-bond acceptors (Lipinski definition) is 4. The van der Waals surface area contributed by atoms with Gasteiger partial charge in [-0.1, -0.05) is 0 Å². The van der Waals surface area contributed by atoms with Gasteiger partial charge in [-0.15, -0.1) is 11.3 Å². The van der Waals surface area contributed by atoms with E-state index in [4.69, 9.17) is 0 Å². The molecule has 1 atom stereocenters. The highest BCUT2D eigenvalue weighted by atomic mass is 32.1. The minimum atomic E-state index is -0.0961. The Hall–Kier alpha value is -1.89. The van der Waals surface area contributed by atoms with E-state index in [0.29, 0.717) is 43.9 Å². The maximum atomic E-state index is 12.8. The number of hydrogen-bond donors (Lipinski definition) is 1. The molecule has 3 amide bonds. The quantitative estimate of drug-likeness (QED) is 0.893. The molecule has 1 saturated heterocycles. The summed E-state index contributed by atoms with van der Waals surface area (Å²) in [6.07, 6.45) is 1.90. The van der Waals surface area contributed by atoms with E-state index in [9.17, 15) is 14.4 Å².